The third-order valence-corrected chi connectivity index (χ3v) is 6.18. The summed E-state index contributed by atoms with van der Waals surface area (Å²) in [6, 6.07) is 0. The molecule has 1 aliphatic carbocycles. The smallest absolute Gasteiger partial charge is 0.228 e. The first-order chi connectivity index (χ1) is 9.95. The highest BCUT2D eigenvalue weighted by Crippen LogP contribution is 2.27. The quantitative estimate of drug-likeness (QED) is 0.809. The first-order valence-corrected chi connectivity index (χ1v) is 9.36. The third-order valence-electron chi connectivity index (χ3n) is 4.40. The number of sulfone groups is 1. The van der Waals surface area contributed by atoms with Crippen LogP contribution in [0.5, 0.6) is 0 Å². The van der Waals surface area contributed by atoms with Gasteiger partial charge in [0.2, 0.25) is 15.0 Å². The van der Waals surface area contributed by atoms with Crippen molar-refractivity contribution in [2.75, 3.05) is 19.5 Å². The fraction of sp³-hybridized carbons (Fsp3) is 0.800. The zero-order valence-electron chi connectivity index (χ0n) is 13.3. The predicted octanol–water partition coefficient (Wildman–Crippen LogP) is 2.50. The second-order valence-electron chi connectivity index (χ2n) is 6.00. The first-order valence-electron chi connectivity index (χ1n) is 7.71. The molecule has 2 rings (SSSR count). The Balaban J connectivity index is 2.24. The van der Waals surface area contributed by atoms with Gasteiger partial charge >= 0.3 is 0 Å². The highest BCUT2D eigenvalue weighted by molar-refractivity contribution is 7.91. The van der Waals surface area contributed by atoms with Gasteiger partial charge in [-0.1, -0.05) is 19.3 Å². The number of nitrogens with zero attached hydrogens (tertiary/aromatic N) is 2. The number of rotatable bonds is 6. The minimum atomic E-state index is -3.33. The number of ether oxygens (including phenoxy) is 1. The molecule has 0 N–H and O–H groups in total. The van der Waals surface area contributed by atoms with E-state index in [2.05, 4.69) is 4.98 Å². The van der Waals surface area contributed by atoms with E-state index in [0.29, 0.717) is 13.2 Å². The average Bonchev–Trinajstić information content (AvgIpc) is 2.74. The lowest BCUT2D eigenvalue weighted by atomic mass is 9.91. The van der Waals surface area contributed by atoms with Crippen molar-refractivity contribution >= 4 is 9.84 Å². The molecule has 0 unspecified atom stereocenters. The molecule has 21 heavy (non-hydrogen) atoms. The molecule has 0 aromatic carbocycles. The third kappa shape index (κ3) is 3.86. The largest absolute Gasteiger partial charge is 0.383 e. The van der Waals surface area contributed by atoms with Crippen LogP contribution in [-0.4, -0.2) is 37.4 Å². The van der Waals surface area contributed by atoms with Gasteiger partial charge in [0.05, 0.1) is 18.1 Å². The van der Waals surface area contributed by atoms with Gasteiger partial charge in [0.1, 0.15) is 0 Å². The molecule has 0 amide bonds. The molecule has 1 heterocycles. The van der Waals surface area contributed by atoms with Crippen molar-refractivity contribution in [1.29, 1.82) is 0 Å². The van der Waals surface area contributed by atoms with E-state index >= 15 is 0 Å². The topological polar surface area (TPSA) is 61.2 Å². The summed E-state index contributed by atoms with van der Waals surface area (Å²) in [5.74, 6) is 0.521. The van der Waals surface area contributed by atoms with E-state index in [-0.39, 0.29) is 16.8 Å². The fourth-order valence-corrected chi connectivity index (χ4v) is 4.99. The van der Waals surface area contributed by atoms with Crippen molar-refractivity contribution in [3.63, 3.8) is 0 Å². The zero-order chi connectivity index (χ0) is 15.5. The molecule has 0 saturated heterocycles. The van der Waals surface area contributed by atoms with E-state index in [4.69, 9.17) is 4.74 Å². The summed E-state index contributed by atoms with van der Waals surface area (Å²) in [4.78, 5) is 4.32. The predicted molar refractivity (Wildman–Crippen MR) is 82.2 cm³/mol. The second kappa shape index (κ2) is 6.92. The van der Waals surface area contributed by atoms with Crippen LogP contribution in [-0.2, 0) is 21.1 Å². The van der Waals surface area contributed by atoms with E-state index in [9.17, 15) is 8.42 Å². The average molecular weight is 314 g/mol. The van der Waals surface area contributed by atoms with E-state index < -0.39 is 9.84 Å². The normalized spacial score (nSPS) is 17.3. The lowest BCUT2D eigenvalue weighted by Crippen LogP contribution is -2.22. The van der Waals surface area contributed by atoms with Crippen molar-refractivity contribution in [1.82, 2.24) is 9.55 Å². The van der Waals surface area contributed by atoms with E-state index in [1.54, 1.807) is 11.7 Å². The summed E-state index contributed by atoms with van der Waals surface area (Å²) in [6.45, 7) is 4.79. The Bertz CT molecular complexity index is 572. The molecular weight excluding hydrogens is 288 g/mol. The Hall–Kier alpha value is -0.880. The minimum Gasteiger partial charge on any atom is -0.383 e. The first kappa shape index (κ1) is 16.5. The lowest BCUT2D eigenvalue weighted by molar-refractivity contribution is 0.184. The van der Waals surface area contributed by atoms with Gasteiger partial charge in [-0.2, -0.15) is 0 Å². The maximum atomic E-state index is 12.7. The summed E-state index contributed by atoms with van der Waals surface area (Å²) in [6.07, 6.45) is 5.58. The highest BCUT2D eigenvalue weighted by Gasteiger charge is 2.28. The number of imidazole rings is 1. The molecule has 0 spiro atoms. The number of aryl methyl sites for hydroxylation is 1. The highest BCUT2D eigenvalue weighted by atomic mass is 32.2. The molecule has 1 aromatic heterocycles. The standard InChI is InChI=1S/C15H26N2O3S/c1-12-13(2)17(9-10-20-3)15(16-12)21(18,19)11-14-7-5-4-6-8-14/h14H,4-11H2,1-3H3. The fourth-order valence-electron chi connectivity index (χ4n) is 3.05. The maximum Gasteiger partial charge on any atom is 0.228 e. The molecule has 0 atom stereocenters. The Labute approximate surface area is 127 Å². The molecular formula is C15H26N2O3S. The Morgan fingerprint density at radius 2 is 1.90 bits per heavy atom. The Kier molecular flexibility index (Phi) is 5.43. The van der Waals surface area contributed by atoms with Gasteiger partial charge in [0.15, 0.2) is 0 Å². The summed E-state index contributed by atoms with van der Waals surface area (Å²) in [5.41, 5.74) is 1.70. The van der Waals surface area contributed by atoms with Crippen LogP contribution in [0.25, 0.3) is 0 Å². The molecule has 5 nitrogen and oxygen atoms in total. The van der Waals surface area contributed by atoms with Gasteiger partial charge in [-0.15, -0.1) is 0 Å². The van der Waals surface area contributed by atoms with Gasteiger partial charge in [0, 0.05) is 19.3 Å². The van der Waals surface area contributed by atoms with Gasteiger partial charge in [0.25, 0.3) is 0 Å². The van der Waals surface area contributed by atoms with Crippen LogP contribution in [0.2, 0.25) is 0 Å². The lowest BCUT2D eigenvalue weighted by Gasteiger charge is -2.21. The van der Waals surface area contributed by atoms with Gasteiger partial charge in [-0.25, -0.2) is 13.4 Å². The summed E-state index contributed by atoms with van der Waals surface area (Å²) < 4.78 is 32.3. The molecule has 0 aliphatic heterocycles. The van der Waals surface area contributed by atoms with E-state index in [1.165, 1.54) is 6.42 Å². The number of hydrogen-bond donors (Lipinski definition) is 0. The molecule has 0 bridgehead atoms. The van der Waals surface area contributed by atoms with Gasteiger partial charge in [-0.3, -0.25) is 0 Å². The van der Waals surface area contributed by atoms with Gasteiger partial charge in [-0.05, 0) is 32.6 Å². The summed E-state index contributed by atoms with van der Waals surface area (Å²) in [5, 5.41) is 0.222. The zero-order valence-corrected chi connectivity index (χ0v) is 14.1. The number of aromatic nitrogens is 2. The van der Waals surface area contributed by atoms with Crippen LogP contribution in [0.4, 0.5) is 0 Å². The van der Waals surface area contributed by atoms with Crippen LogP contribution in [0.15, 0.2) is 5.16 Å². The van der Waals surface area contributed by atoms with Crippen LogP contribution in [0.3, 0.4) is 0 Å². The molecule has 0 radical (unpaired) electrons. The van der Waals surface area contributed by atoms with Gasteiger partial charge < -0.3 is 9.30 Å². The van der Waals surface area contributed by atoms with E-state index in [1.807, 2.05) is 13.8 Å². The summed E-state index contributed by atoms with van der Waals surface area (Å²) in [7, 11) is -1.71. The van der Waals surface area contributed by atoms with Crippen LogP contribution < -0.4 is 0 Å². The van der Waals surface area contributed by atoms with Crippen LogP contribution >= 0.6 is 0 Å². The Morgan fingerprint density at radius 3 is 2.52 bits per heavy atom. The number of hydrogen-bond acceptors (Lipinski definition) is 4. The minimum absolute atomic E-state index is 0.222. The number of methoxy groups -OCH3 is 1. The van der Waals surface area contributed by atoms with Crippen molar-refractivity contribution in [3.05, 3.63) is 11.4 Å². The molecule has 120 valence electrons. The van der Waals surface area contributed by atoms with Crippen molar-refractivity contribution in [3.8, 4) is 0 Å². The SMILES string of the molecule is COCCn1c(S(=O)(=O)CC2CCCCC2)nc(C)c1C. The molecule has 1 aromatic rings. The van der Waals surface area contributed by atoms with Crippen molar-refractivity contribution < 1.29 is 13.2 Å². The molecule has 1 fully saturated rings. The molecule has 1 saturated carbocycles. The molecule has 1 aliphatic rings. The summed E-state index contributed by atoms with van der Waals surface area (Å²) >= 11 is 0. The van der Waals surface area contributed by atoms with Crippen LogP contribution in [0, 0.1) is 19.8 Å². The van der Waals surface area contributed by atoms with E-state index in [0.717, 1.165) is 37.1 Å². The monoisotopic (exact) mass is 314 g/mol. The Morgan fingerprint density at radius 1 is 1.24 bits per heavy atom. The van der Waals surface area contributed by atoms with Crippen LogP contribution in [0.1, 0.15) is 43.5 Å². The van der Waals surface area contributed by atoms with Crippen molar-refractivity contribution in [2.24, 2.45) is 5.92 Å². The van der Waals surface area contributed by atoms with Crippen molar-refractivity contribution in [2.45, 2.75) is 57.7 Å². The molecule has 6 heteroatoms. The second-order valence-corrected chi connectivity index (χ2v) is 7.92. The maximum absolute atomic E-state index is 12.7.